The molecule has 7 nitrogen and oxygen atoms in total. The van der Waals surface area contributed by atoms with Crippen LogP contribution in [0, 0.1) is 6.92 Å². The third-order valence-electron chi connectivity index (χ3n) is 3.54. The maximum Gasteiger partial charge on any atom is 0.287 e. The SMILES string of the molecule is CC(=O)c1ccc(S(=O)(=O)NC(=O)c2nc(-c3cccs3)oc2C)cc1. The van der Waals surface area contributed by atoms with Crippen molar-refractivity contribution in [2.75, 3.05) is 0 Å². The van der Waals surface area contributed by atoms with E-state index < -0.39 is 15.9 Å². The molecule has 1 aromatic carbocycles. The molecule has 0 atom stereocenters. The third-order valence-corrected chi connectivity index (χ3v) is 5.75. The molecule has 9 heteroatoms. The molecule has 3 rings (SSSR count). The molecule has 0 fully saturated rings. The van der Waals surface area contributed by atoms with E-state index in [1.807, 2.05) is 16.2 Å². The first kappa shape index (κ1) is 18.0. The number of amides is 1. The van der Waals surface area contributed by atoms with Gasteiger partial charge in [0.1, 0.15) is 5.76 Å². The van der Waals surface area contributed by atoms with Gasteiger partial charge in [0.15, 0.2) is 11.5 Å². The molecule has 0 aliphatic rings. The maximum atomic E-state index is 12.4. The van der Waals surface area contributed by atoms with Crippen molar-refractivity contribution in [2.45, 2.75) is 18.7 Å². The van der Waals surface area contributed by atoms with Crippen LogP contribution in [0.15, 0.2) is 51.1 Å². The van der Waals surface area contributed by atoms with Gasteiger partial charge in [-0.15, -0.1) is 11.3 Å². The predicted octanol–water partition coefficient (Wildman–Crippen LogP) is 3.03. The minimum Gasteiger partial charge on any atom is -0.440 e. The first-order chi connectivity index (χ1) is 12.3. The van der Waals surface area contributed by atoms with Gasteiger partial charge in [-0.1, -0.05) is 18.2 Å². The van der Waals surface area contributed by atoms with E-state index in [1.165, 1.54) is 49.4 Å². The largest absolute Gasteiger partial charge is 0.440 e. The maximum absolute atomic E-state index is 12.4. The van der Waals surface area contributed by atoms with Crippen molar-refractivity contribution in [2.24, 2.45) is 0 Å². The number of aromatic nitrogens is 1. The summed E-state index contributed by atoms with van der Waals surface area (Å²) in [4.78, 5) is 28.3. The second-order valence-electron chi connectivity index (χ2n) is 5.42. The molecule has 134 valence electrons. The van der Waals surface area contributed by atoms with Crippen LogP contribution in [0.25, 0.3) is 10.8 Å². The summed E-state index contributed by atoms with van der Waals surface area (Å²) in [6, 6.07) is 8.90. The second-order valence-corrected chi connectivity index (χ2v) is 8.05. The zero-order chi connectivity index (χ0) is 18.9. The molecule has 0 bridgehead atoms. The number of hydrogen-bond acceptors (Lipinski definition) is 7. The van der Waals surface area contributed by atoms with Crippen molar-refractivity contribution in [3.8, 4) is 10.8 Å². The van der Waals surface area contributed by atoms with Crippen molar-refractivity contribution in [3.63, 3.8) is 0 Å². The fourth-order valence-electron chi connectivity index (χ4n) is 2.21. The van der Waals surface area contributed by atoms with Gasteiger partial charge < -0.3 is 4.42 Å². The normalized spacial score (nSPS) is 11.3. The van der Waals surface area contributed by atoms with Crippen LogP contribution in [-0.4, -0.2) is 25.1 Å². The highest BCUT2D eigenvalue weighted by Crippen LogP contribution is 2.26. The molecular formula is C17H14N2O5S2. The van der Waals surface area contributed by atoms with Crippen LogP contribution in [0.5, 0.6) is 0 Å². The lowest BCUT2D eigenvalue weighted by Crippen LogP contribution is -2.31. The molecule has 1 N–H and O–H groups in total. The van der Waals surface area contributed by atoms with Gasteiger partial charge >= 0.3 is 0 Å². The van der Waals surface area contributed by atoms with Crippen LogP contribution in [0.3, 0.4) is 0 Å². The molecule has 3 aromatic rings. The van der Waals surface area contributed by atoms with Crippen molar-refractivity contribution < 1.29 is 22.4 Å². The summed E-state index contributed by atoms with van der Waals surface area (Å²) in [5.74, 6) is -0.596. The van der Waals surface area contributed by atoms with E-state index in [2.05, 4.69) is 4.98 Å². The van der Waals surface area contributed by atoms with Crippen molar-refractivity contribution in [1.82, 2.24) is 9.71 Å². The molecule has 2 aromatic heterocycles. The first-order valence-electron chi connectivity index (χ1n) is 7.47. The van der Waals surface area contributed by atoms with E-state index in [0.717, 1.165) is 4.88 Å². The fourth-order valence-corrected chi connectivity index (χ4v) is 3.81. The number of oxazole rings is 1. The topological polar surface area (TPSA) is 106 Å². The Balaban J connectivity index is 1.84. The summed E-state index contributed by atoms with van der Waals surface area (Å²) in [6.07, 6.45) is 0. The number of carbonyl (C=O) groups excluding carboxylic acids is 2. The smallest absolute Gasteiger partial charge is 0.287 e. The van der Waals surface area contributed by atoms with Gasteiger partial charge in [0.2, 0.25) is 5.89 Å². The van der Waals surface area contributed by atoms with Crippen LogP contribution < -0.4 is 4.72 Å². The molecule has 26 heavy (non-hydrogen) atoms. The summed E-state index contributed by atoms with van der Waals surface area (Å²) in [7, 11) is -4.10. The van der Waals surface area contributed by atoms with Gasteiger partial charge in [-0.25, -0.2) is 18.1 Å². The Kier molecular flexibility index (Phi) is 4.75. The van der Waals surface area contributed by atoms with Gasteiger partial charge in [-0.05, 0) is 37.4 Å². The summed E-state index contributed by atoms with van der Waals surface area (Å²) < 4.78 is 32.2. The van der Waals surface area contributed by atoms with E-state index in [-0.39, 0.29) is 28.0 Å². The Labute approximate surface area is 153 Å². The Morgan fingerprint density at radius 3 is 2.42 bits per heavy atom. The van der Waals surface area contributed by atoms with Crippen LogP contribution in [0.2, 0.25) is 0 Å². The van der Waals surface area contributed by atoms with E-state index in [1.54, 1.807) is 6.07 Å². The monoisotopic (exact) mass is 390 g/mol. The van der Waals surface area contributed by atoms with Gasteiger partial charge in [-0.3, -0.25) is 9.59 Å². The highest BCUT2D eigenvalue weighted by molar-refractivity contribution is 7.90. The Hall–Kier alpha value is -2.78. The number of carbonyl (C=O) groups is 2. The number of benzene rings is 1. The molecule has 0 spiro atoms. The molecule has 0 saturated heterocycles. The average molecular weight is 390 g/mol. The number of thiophene rings is 1. The van der Waals surface area contributed by atoms with E-state index >= 15 is 0 Å². The van der Waals surface area contributed by atoms with Gasteiger partial charge in [0.25, 0.3) is 15.9 Å². The Morgan fingerprint density at radius 2 is 1.85 bits per heavy atom. The first-order valence-corrected chi connectivity index (χ1v) is 9.83. The molecule has 0 saturated carbocycles. The molecule has 0 aliphatic carbocycles. The van der Waals surface area contributed by atoms with Gasteiger partial charge in [0.05, 0.1) is 9.77 Å². The molecule has 0 radical (unpaired) electrons. The van der Waals surface area contributed by atoms with Crippen LogP contribution >= 0.6 is 11.3 Å². The van der Waals surface area contributed by atoms with Crippen LogP contribution in [-0.2, 0) is 10.0 Å². The lowest BCUT2D eigenvalue weighted by atomic mass is 10.2. The van der Waals surface area contributed by atoms with Gasteiger partial charge in [0, 0.05) is 5.56 Å². The van der Waals surface area contributed by atoms with Crippen molar-refractivity contribution in [3.05, 3.63) is 58.8 Å². The number of rotatable bonds is 5. The Bertz CT molecular complexity index is 1070. The van der Waals surface area contributed by atoms with E-state index in [0.29, 0.717) is 5.56 Å². The van der Waals surface area contributed by atoms with E-state index in [9.17, 15) is 18.0 Å². The third kappa shape index (κ3) is 3.58. The van der Waals surface area contributed by atoms with Crippen LogP contribution in [0.4, 0.5) is 0 Å². The summed E-state index contributed by atoms with van der Waals surface area (Å²) >= 11 is 1.39. The minimum absolute atomic E-state index is 0.0997. The zero-order valence-corrected chi connectivity index (χ0v) is 15.5. The quantitative estimate of drug-likeness (QED) is 0.671. The minimum atomic E-state index is -4.10. The second kappa shape index (κ2) is 6.85. The average Bonchev–Trinajstić information content (AvgIpc) is 3.23. The number of Topliss-reactive ketones (excluding diaryl/α,β-unsaturated/α-hetero) is 1. The predicted molar refractivity (Wildman–Crippen MR) is 95.7 cm³/mol. The summed E-state index contributed by atoms with van der Waals surface area (Å²) in [5.41, 5.74) is 0.278. The number of hydrogen-bond donors (Lipinski definition) is 1. The molecule has 0 unspecified atom stereocenters. The fraction of sp³-hybridized carbons (Fsp3) is 0.118. The summed E-state index contributed by atoms with van der Waals surface area (Å²) in [6.45, 7) is 2.91. The molecular weight excluding hydrogens is 376 g/mol. The number of aryl methyl sites for hydroxylation is 1. The molecule has 1 amide bonds. The van der Waals surface area contributed by atoms with Gasteiger partial charge in [-0.2, -0.15) is 0 Å². The molecule has 0 aliphatic heterocycles. The highest BCUT2D eigenvalue weighted by atomic mass is 32.2. The Morgan fingerprint density at radius 1 is 1.15 bits per heavy atom. The zero-order valence-electron chi connectivity index (χ0n) is 13.8. The number of sulfonamides is 1. The molecule has 2 heterocycles. The lowest BCUT2D eigenvalue weighted by molar-refractivity contribution is 0.0973. The number of nitrogens with one attached hydrogen (secondary N) is 1. The standard InChI is InChI=1S/C17H14N2O5S2/c1-10(20)12-5-7-13(8-6-12)26(22,23)19-16(21)15-11(2)24-17(18-15)14-4-3-9-25-14/h3-9H,1-2H3,(H,19,21). The van der Waals surface area contributed by atoms with E-state index in [4.69, 9.17) is 4.42 Å². The number of nitrogens with zero attached hydrogens (tertiary/aromatic N) is 1. The summed E-state index contributed by atoms with van der Waals surface area (Å²) in [5, 5.41) is 1.84. The van der Waals surface area contributed by atoms with Crippen molar-refractivity contribution >= 4 is 33.1 Å². The highest BCUT2D eigenvalue weighted by Gasteiger charge is 2.24. The number of ketones is 1. The van der Waals surface area contributed by atoms with Crippen LogP contribution in [0.1, 0.15) is 33.5 Å². The van der Waals surface area contributed by atoms with Crippen molar-refractivity contribution in [1.29, 1.82) is 0 Å². The lowest BCUT2D eigenvalue weighted by Gasteiger charge is -2.06.